The largest absolute Gasteiger partial charge is 0.376 e. The van der Waals surface area contributed by atoms with Crippen LogP contribution >= 0.6 is 11.3 Å². The molecule has 23 heavy (non-hydrogen) atoms. The number of thiazole rings is 1. The van der Waals surface area contributed by atoms with Gasteiger partial charge in [0.1, 0.15) is 6.04 Å². The highest BCUT2D eigenvalue weighted by Crippen LogP contribution is 2.24. The standard InChI is InChI=1S/C17H23N3O2S/c1-12(17-19-14-7-3-4-8-15(14)23-17)20(2)11-16(21)18-10-13-6-5-9-22-13/h3-4,7-8,12-13H,5-6,9-11H2,1-2H3,(H,18,21)/p+1/t12-,13+/m1/s1. The minimum atomic E-state index is 0.0750. The van der Waals surface area contributed by atoms with Crippen LogP contribution in [0.15, 0.2) is 24.3 Å². The lowest BCUT2D eigenvalue weighted by atomic mass is 10.2. The fourth-order valence-electron chi connectivity index (χ4n) is 2.79. The molecule has 3 rings (SSSR count). The summed E-state index contributed by atoms with van der Waals surface area (Å²) in [7, 11) is 2.04. The average molecular weight is 334 g/mol. The number of fused-ring (bicyclic) bond motifs is 1. The highest BCUT2D eigenvalue weighted by Gasteiger charge is 2.23. The first-order chi connectivity index (χ1) is 11.1. The molecule has 1 aromatic carbocycles. The number of nitrogens with zero attached hydrogens (tertiary/aromatic N) is 1. The number of carbonyl (C=O) groups excluding carboxylic acids is 1. The second-order valence-electron chi connectivity index (χ2n) is 6.20. The van der Waals surface area contributed by atoms with Gasteiger partial charge >= 0.3 is 0 Å². The van der Waals surface area contributed by atoms with Gasteiger partial charge in [-0.15, -0.1) is 11.3 Å². The molecule has 1 aromatic heterocycles. The number of hydrogen-bond acceptors (Lipinski definition) is 4. The maximum absolute atomic E-state index is 12.1. The van der Waals surface area contributed by atoms with Crippen LogP contribution in [0, 0.1) is 0 Å². The van der Waals surface area contributed by atoms with Gasteiger partial charge in [0.2, 0.25) is 0 Å². The fraction of sp³-hybridized carbons (Fsp3) is 0.529. The summed E-state index contributed by atoms with van der Waals surface area (Å²) in [5.74, 6) is 0.0750. The Kier molecular flexibility index (Phi) is 5.25. The van der Waals surface area contributed by atoms with Crippen LogP contribution in [-0.4, -0.2) is 43.7 Å². The van der Waals surface area contributed by atoms with Crippen LogP contribution in [0.4, 0.5) is 0 Å². The van der Waals surface area contributed by atoms with Gasteiger partial charge in [-0.1, -0.05) is 12.1 Å². The number of amides is 1. The van der Waals surface area contributed by atoms with Crippen LogP contribution < -0.4 is 10.2 Å². The van der Waals surface area contributed by atoms with Crippen LogP contribution in [0.5, 0.6) is 0 Å². The summed E-state index contributed by atoms with van der Waals surface area (Å²) < 4.78 is 6.73. The van der Waals surface area contributed by atoms with Gasteiger partial charge in [0, 0.05) is 13.2 Å². The van der Waals surface area contributed by atoms with E-state index in [-0.39, 0.29) is 18.1 Å². The molecule has 124 valence electrons. The molecule has 0 radical (unpaired) electrons. The topological polar surface area (TPSA) is 55.7 Å². The summed E-state index contributed by atoms with van der Waals surface area (Å²) in [6.07, 6.45) is 2.34. The molecule has 0 spiro atoms. The van der Waals surface area contributed by atoms with Crippen molar-refractivity contribution in [3.63, 3.8) is 0 Å². The van der Waals surface area contributed by atoms with Crippen molar-refractivity contribution in [2.75, 3.05) is 26.7 Å². The minimum Gasteiger partial charge on any atom is -0.376 e. The Bertz CT molecular complexity index is 634. The summed E-state index contributed by atoms with van der Waals surface area (Å²) in [5, 5.41) is 4.07. The van der Waals surface area contributed by atoms with E-state index in [1.807, 2.05) is 25.2 Å². The van der Waals surface area contributed by atoms with E-state index in [1.54, 1.807) is 11.3 Å². The van der Waals surface area contributed by atoms with Crippen molar-refractivity contribution in [3.8, 4) is 0 Å². The van der Waals surface area contributed by atoms with Crippen LogP contribution in [0.2, 0.25) is 0 Å². The van der Waals surface area contributed by atoms with Gasteiger partial charge in [-0.05, 0) is 31.9 Å². The van der Waals surface area contributed by atoms with Gasteiger partial charge < -0.3 is 15.0 Å². The molecule has 1 fully saturated rings. The van der Waals surface area contributed by atoms with E-state index >= 15 is 0 Å². The summed E-state index contributed by atoms with van der Waals surface area (Å²) in [6, 6.07) is 8.36. The van der Waals surface area contributed by atoms with Gasteiger partial charge in [0.05, 0.1) is 23.4 Å². The van der Waals surface area contributed by atoms with Crippen molar-refractivity contribution >= 4 is 27.5 Å². The Morgan fingerprint density at radius 2 is 2.35 bits per heavy atom. The molecule has 1 aliphatic rings. The predicted molar refractivity (Wildman–Crippen MR) is 91.8 cm³/mol. The molecule has 1 amide bonds. The molecule has 0 aliphatic carbocycles. The van der Waals surface area contributed by atoms with E-state index in [4.69, 9.17) is 9.72 Å². The van der Waals surface area contributed by atoms with Crippen molar-refractivity contribution in [3.05, 3.63) is 29.3 Å². The third-order valence-corrected chi connectivity index (χ3v) is 5.63. The zero-order chi connectivity index (χ0) is 16.2. The second-order valence-corrected chi connectivity index (χ2v) is 7.27. The molecule has 1 aliphatic heterocycles. The molecule has 1 unspecified atom stereocenters. The van der Waals surface area contributed by atoms with Gasteiger partial charge in [-0.3, -0.25) is 4.79 Å². The lowest BCUT2D eigenvalue weighted by Gasteiger charge is -2.20. The number of benzene rings is 1. The number of para-hydroxylation sites is 1. The fourth-order valence-corrected chi connectivity index (χ4v) is 3.90. The Hall–Kier alpha value is -1.50. The van der Waals surface area contributed by atoms with E-state index in [0.717, 1.165) is 34.9 Å². The Balaban J connectivity index is 1.53. The van der Waals surface area contributed by atoms with Crippen molar-refractivity contribution < 1.29 is 14.4 Å². The smallest absolute Gasteiger partial charge is 0.275 e. The average Bonchev–Trinajstić information content (AvgIpc) is 3.21. The van der Waals surface area contributed by atoms with E-state index in [1.165, 1.54) is 4.70 Å². The van der Waals surface area contributed by atoms with Crippen molar-refractivity contribution in [2.45, 2.75) is 31.9 Å². The van der Waals surface area contributed by atoms with Gasteiger partial charge in [0.15, 0.2) is 11.6 Å². The molecular weight excluding hydrogens is 310 g/mol. The van der Waals surface area contributed by atoms with Crippen LogP contribution in [0.3, 0.4) is 0 Å². The molecule has 3 atom stereocenters. The van der Waals surface area contributed by atoms with E-state index in [9.17, 15) is 4.79 Å². The maximum atomic E-state index is 12.1. The number of likely N-dealkylation sites (N-methyl/N-ethyl adjacent to an activating group) is 1. The van der Waals surface area contributed by atoms with E-state index < -0.39 is 0 Å². The SMILES string of the molecule is C[C@H](c1nc2ccccc2s1)[NH+](C)CC(=O)NC[C@@H]1CCCO1. The number of aromatic nitrogens is 1. The number of ether oxygens (including phenoxy) is 1. The number of nitrogens with one attached hydrogen (secondary N) is 2. The first-order valence-corrected chi connectivity index (χ1v) is 9.01. The molecule has 5 nitrogen and oxygen atoms in total. The summed E-state index contributed by atoms with van der Waals surface area (Å²) in [4.78, 5) is 18.0. The van der Waals surface area contributed by atoms with Crippen molar-refractivity contribution in [2.24, 2.45) is 0 Å². The zero-order valence-electron chi connectivity index (χ0n) is 13.7. The van der Waals surface area contributed by atoms with Gasteiger partial charge in [0.25, 0.3) is 5.91 Å². The first-order valence-electron chi connectivity index (χ1n) is 8.19. The number of carbonyl (C=O) groups is 1. The lowest BCUT2D eigenvalue weighted by Crippen LogP contribution is -3.10. The van der Waals surface area contributed by atoms with Crippen molar-refractivity contribution in [1.29, 1.82) is 0 Å². The van der Waals surface area contributed by atoms with Gasteiger partial charge in [-0.25, -0.2) is 4.98 Å². The van der Waals surface area contributed by atoms with Crippen LogP contribution in [0.1, 0.15) is 30.8 Å². The molecule has 2 N–H and O–H groups in total. The molecular formula is C17H24N3O2S+. The molecule has 1 saturated heterocycles. The molecule has 0 bridgehead atoms. The summed E-state index contributed by atoms with van der Waals surface area (Å²) in [5.41, 5.74) is 1.04. The number of hydrogen-bond donors (Lipinski definition) is 2. The van der Waals surface area contributed by atoms with E-state index in [0.29, 0.717) is 13.1 Å². The lowest BCUT2D eigenvalue weighted by molar-refractivity contribution is -0.902. The molecule has 0 saturated carbocycles. The Morgan fingerprint density at radius 3 is 3.09 bits per heavy atom. The molecule has 6 heteroatoms. The Labute approximate surface area is 140 Å². The maximum Gasteiger partial charge on any atom is 0.275 e. The highest BCUT2D eigenvalue weighted by molar-refractivity contribution is 7.18. The molecule has 2 heterocycles. The zero-order valence-corrected chi connectivity index (χ0v) is 14.5. The monoisotopic (exact) mass is 334 g/mol. The van der Waals surface area contributed by atoms with E-state index in [2.05, 4.69) is 18.3 Å². The Morgan fingerprint density at radius 1 is 1.52 bits per heavy atom. The normalized spacial score (nSPS) is 20.5. The molecule has 2 aromatic rings. The summed E-state index contributed by atoms with van der Waals surface area (Å²) >= 11 is 1.71. The highest BCUT2D eigenvalue weighted by atomic mass is 32.1. The predicted octanol–water partition coefficient (Wildman–Crippen LogP) is 1.17. The number of quaternary nitrogens is 1. The van der Waals surface area contributed by atoms with Crippen LogP contribution in [0.25, 0.3) is 10.2 Å². The van der Waals surface area contributed by atoms with Gasteiger partial charge in [-0.2, -0.15) is 0 Å². The number of rotatable bonds is 6. The quantitative estimate of drug-likeness (QED) is 0.834. The van der Waals surface area contributed by atoms with Crippen molar-refractivity contribution in [1.82, 2.24) is 10.3 Å². The third kappa shape index (κ3) is 4.07. The minimum absolute atomic E-state index is 0.0750. The van der Waals surface area contributed by atoms with Crippen LogP contribution in [-0.2, 0) is 9.53 Å². The first kappa shape index (κ1) is 16.4. The summed E-state index contributed by atoms with van der Waals surface area (Å²) in [6.45, 7) is 4.02. The second kappa shape index (κ2) is 7.38. The third-order valence-electron chi connectivity index (χ3n) is 4.41.